The zero-order chi connectivity index (χ0) is 23.1. The van der Waals surface area contributed by atoms with Crippen molar-refractivity contribution >= 4 is 45.8 Å². The molecule has 174 valence electrons. The predicted octanol–water partition coefficient (Wildman–Crippen LogP) is 4.83. The Balaban J connectivity index is 1.43. The minimum atomic E-state index is -0.179. The number of aromatic hydroxyl groups is 1. The highest BCUT2D eigenvalue weighted by molar-refractivity contribution is 14.1. The van der Waals surface area contributed by atoms with Crippen molar-refractivity contribution in [1.82, 2.24) is 10.2 Å². The van der Waals surface area contributed by atoms with Crippen LogP contribution in [0.2, 0.25) is 5.02 Å². The van der Waals surface area contributed by atoms with Crippen molar-refractivity contribution in [3.63, 3.8) is 0 Å². The zero-order valence-corrected chi connectivity index (χ0v) is 21.4. The lowest BCUT2D eigenvalue weighted by molar-refractivity contribution is -0.114. The molecule has 0 bridgehead atoms. The van der Waals surface area contributed by atoms with E-state index < -0.39 is 0 Å². The lowest BCUT2D eigenvalue weighted by atomic mass is 10.0. The van der Waals surface area contributed by atoms with Crippen molar-refractivity contribution in [1.29, 1.82) is 0 Å². The molecule has 1 atom stereocenters. The molecule has 3 rings (SSSR count). The van der Waals surface area contributed by atoms with E-state index in [9.17, 15) is 9.90 Å². The maximum absolute atomic E-state index is 11.4. The minimum Gasteiger partial charge on any atom is -0.508 e. The summed E-state index contributed by atoms with van der Waals surface area (Å²) in [6.45, 7) is 7.94. The second-order valence-corrected chi connectivity index (χ2v) is 11.7. The number of halogens is 2. The summed E-state index contributed by atoms with van der Waals surface area (Å²) < 4.78 is 5.83. The van der Waals surface area contributed by atoms with E-state index in [2.05, 4.69) is 57.2 Å². The molecule has 1 heterocycles. The highest BCUT2D eigenvalue weighted by atomic mass is 127. The highest BCUT2D eigenvalue weighted by Gasteiger charge is 2.25. The maximum Gasteiger partial charge on any atom is 0.221 e. The number of piperidine rings is 1. The van der Waals surface area contributed by atoms with Crippen LogP contribution in [0.25, 0.3) is 0 Å². The van der Waals surface area contributed by atoms with Crippen LogP contribution >= 0.6 is 34.2 Å². The number of likely N-dealkylation sites (tertiary alicyclic amines) is 1. The number of benzene rings is 2. The number of anilines is 1. The van der Waals surface area contributed by atoms with Crippen LogP contribution in [-0.2, 0) is 11.3 Å². The summed E-state index contributed by atoms with van der Waals surface area (Å²) in [4.78, 5) is 13.9. The zero-order valence-electron chi connectivity index (χ0n) is 18.5. The van der Waals surface area contributed by atoms with Gasteiger partial charge in [-0.25, -0.2) is 0 Å². The number of carbonyl (C=O) groups is 1. The van der Waals surface area contributed by atoms with Crippen molar-refractivity contribution in [2.75, 3.05) is 31.6 Å². The smallest absolute Gasteiger partial charge is 0.221 e. The average Bonchev–Trinajstić information content (AvgIpc) is 2.75. The van der Waals surface area contributed by atoms with Gasteiger partial charge in [-0.15, -0.1) is 0 Å². The van der Waals surface area contributed by atoms with E-state index >= 15 is 0 Å². The number of phenolic OH excluding ortho intramolecular Hbond substituents is 1. The minimum absolute atomic E-state index is 0.104. The molecule has 1 saturated heterocycles. The Morgan fingerprint density at radius 2 is 1.94 bits per heavy atom. The van der Waals surface area contributed by atoms with Crippen LogP contribution in [0.3, 0.4) is 0 Å². The first-order chi connectivity index (χ1) is 15.2. The second-order valence-electron chi connectivity index (χ2n) is 8.62. The Labute approximate surface area is 208 Å². The standard InChI is InChI=1S/C24H31ClIN3O3/c1-17(30)28-22-8-7-21(31)13-23(22)32-16-24(2,26)15-27-20-9-11-29(12-10-20)14-18-3-5-19(25)6-4-18/h3-8,13,20,27,31H,9-12,14-16H2,1-2H3,(H,28,30)/t24-/m0/s1. The van der Waals surface area contributed by atoms with Gasteiger partial charge in [0.15, 0.2) is 0 Å². The number of phenols is 1. The second kappa shape index (κ2) is 11.5. The van der Waals surface area contributed by atoms with Crippen molar-refractivity contribution < 1.29 is 14.6 Å². The molecule has 1 aliphatic rings. The first-order valence-electron chi connectivity index (χ1n) is 10.8. The van der Waals surface area contributed by atoms with Gasteiger partial charge in [0.1, 0.15) is 18.1 Å². The van der Waals surface area contributed by atoms with E-state index in [1.807, 2.05) is 12.1 Å². The van der Waals surface area contributed by atoms with Gasteiger partial charge in [-0.05, 0) is 62.7 Å². The van der Waals surface area contributed by atoms with Crippen molar-refractivity contribution in [3.8, 4) is 11.5 Å². The predicted molar refractivity (Wildman–Crippen MR) is 138 cm³/mol. The molecule has 0 saturated carbocycles. The number of hydrogen-bond donors (Lipinski definition) is 3. The van der Waals surface area contributed by atoms with Crippen LogP contribution in [0.4, 0.5) is 5.69 Å². The van der Waals surface area contributed by atoms with Crippen molar-refractivity contribution in [2.24, 2.45) is 0 Å². The molecule has 8 heteroatoms. The summed E-state index contributed by atoms with van der Waals surface area (Å²) in [5.41, 5.74) is 1.85. The number of rotatable bonds is 9. The fraction of sp³-hybridized carbons (Fsp3) is 0.458. The van der Waals surface area contributed by atoms with Crippen LogP contribution in [-0.4, -0.2) is 51.6 Å². The highest BCUT2D eigenvalue weighted by Crippen LogP contribution is 2.31. The normalized spacial score (nSPS) is 17.0. The third-order valence-electron chi connectivity index (χ3n) is 5.47. The van der Waals surface area contributed by atoms with Gasteiger partial charge in [0.2, 0.25) is 5.91 Å². The van der Waals surface area contributed by atoms with E-state index in [1.54, 1.807) is 6.07 Å². The van der Waals surface area contributed by atoms with Crippen molar-refractivity contribution in [2.45, 2.75) is 42.7 Å². The topological polar surface area (TPSA) is 73.8 Å². The van der Waals surface area contributed by atoms with Gasteiger partial charge in [0.25, 0.3) is 0 Å². The fourth-order valence-electron chi connectivity index (χ4n) is 3.70. The quantitative estimate of drug-likeness (QED) is 0.228. The molecule has 32 heavy (non-hydrogen) atoms. The lowest BCUT2D eigenvalue weighted by Gasteiger charge is -2.34. The summed E-state index contributed by atoms with van der Waals surface area (Å²) in [7, 11) is 0. The van der Waals surface area contributed by atoms with Crippen LogP contribution < -0.4 is 15.4 Å². The fourth-order valence-corrected chi connectivity index (χ4v) is 4.20. The number of amides is 1. The Bertz CT molecular complexity index is 900. The lowest BCUT2D eigenvalue weighted by Crippen LogP contribution is -2.47. The largest absolute Gasteiger partial charge is 0.508 e. The molecule has 3 N–H and O–H groups in total. The molecule has 2 aromatic carbocycles. The molecule has 0 spiro atoms. The number of nitrogens with zero attached hydrogens (tertiary/aromatic N) is 1. The Kier molecular flexibility index (Phi) is 9.04. The Morgan fingerprint density at radius 1 is 1.25 bits per heavy atom. The average molecular weight is 572 g/mol. The van der Waals surface area contributed by atoms with Crippen LogP contribution in [0.15, 0.2) is 42.5 Å². The number of nitrogens with one attached hydrogen (secondary N) is 2. The first-order valence-corrected chi connectivity index (χ1v) is 12.3. The van der Waals surface area contributed by atoms with Gasteiger partial charge >= 0.3 is 0 Å². The summed E-state index contributed by atoms with van der Waals surface area (Å²) in [5.74, 6) is 0.396. The molecular weight excluding hydrogens is 541 g/mol. The molecular formula is C24H31ClIN3O3. The molecule has 0 radical (unpaired) electrons. The van der Waals surface area contributed by atoms with E-state index in [0.29, 0.717) is 24.1 Å². The summed E-state index contributed by atoms with van der Waals surface area (Å²) in [6, 6.07) is 13.3. The van der Waals surface area contributed by atoms with Crippen molar-refractivity contribution in [3.05, 3.63) is 53.1 Å². The molecule has 2 aromatic rings. The van der Waals surface area contributed by atoms with Gasteiger partial charge in [0.05, 0.1) is 9.11 Å². The van der Waals surface area contributed by atoms with E-state index in [4.69, 9.17) is 16.3 Å². The van der Waals surface area contributed by atoms with Gasteiger partial charge in [-0.2, -0.15) is 0 Å². The maximum atomic E-state index is 11.4. The van der Waals surface area contributed by atoms with Gasteiger partial charge in [0, 0.05) is 37.1 Å². The molecule has 1 amide bonds. The van der Waals surface area contributed by atoms with Gasteiger partial charge in [-0.1, -0.05) is 46.3 Å². The molecule has 0 aliphatic carbocycles. The number of ether oxygens (including phenoxy) is 1. The summed E-state index contributed by atoms with van der Waals surface area (Å²) in [5, 5.41) is 17.0. The molecule has 0 unspecified atom stereocenters. The third kappa shape index (κ3) is 8.10. The van der Waals surface area contributed by atoms with E-state index in [1.165, 1.54) is 24.6 Å². The van der Waals surface area contributed by atoms with E-state index in [0.717, 1.165) is 44.0 Å². The Morgan fingerprint density at radius 3 is 2.59 bits per heavy atom. The Hall–Kier alpha value is -1.55. The monoisotopic (exact) mass is 571 g/mol. The summed E-state index contributed by atoms with van der Waals surface area (Å²) >= 11 is 8.39. The number of carbonyl (C=O) groups excluding carboxylic acids is 1. The molecule has 0 aromatic heterocycles. The molecule has 1 aliphatic heterocycles. The number of alkyl halides is 1. The molecule has 1 fully saturated rings. The number of hydrogen-bond acceptors (Lipinski definition) is 5. The molecule has 6 nitrogen and oxygen atoms in total. The SMILES string of the molecule is CC(=O)Nc1ccc(O)cc1OC[C@@](C)(I)CNC1CCN(Cc2ccc(Cl)cc2)CC1. The third-order valence-corrected chi connectivity index (χ3v) is 6.42. The van der Waals surface area contributed by atoms with E-state index in [-0.39, 0.29) is 15.1 Å². The first kappa shape index (κ1) is 25.1. The van der Waals surface area contributed by atoms with Crippen LogP contribution in [0, 0.1) is 0 Å². The van der Waals surface area contributed by atoms with Crippen LogP contribution in [0.1, 0.15) is 32.3 Å². The summed E-state index contributed by atoms with van der Waals surface area (Å²) in [6.07, 6.45) is 2.22. The van der Waals surface area contributed by atoms with Gasteiger partial charge < -0.3 is 20.5 Å². The van der Waals surface area contributed by atoms with Crippen LogP contribution in [0.5, 0.6) is 11.5 Å². The van der Waals surface area contributed by atoms with Gasteiger partial charge in [-0.3, -0.25) is 9.69 Å².